The van der Waals surface area contributed by atoms with E-state index in [-0.39, 0.29) is 29.2 Å². The van der Waals surface area contributed by atoms with Gasteiger partial charge in [0.05, 0.1) is 11.1 Å². The molecule has 35 heavy (non-hydrogen) atoms. The largest absolute Gasteiger partial charge is 0.444 e. The molecule has 2 atom stereocenters. The summed E-state index contributed by atoms with van der Waals surface area (Å²) in [5.74, 6) is -0.452. The standard InChI is InChI=1S/C26H31FN6O2/c1-15(2)22(16(3)30-25(34)35-26(4,5)6)32-24-20(27)13-18(14-28)23(33-24)31-19-9-10-21-17(12-19)8-7-11-29-21/h7-13,15-16,22H,1-6H3,(H,30,34)(H2,31,32,33)/t16-,22+/m0/s1. The Kier molecular flexibility index (Phi) is 7.75. The van der Waals surface area contributed by atoms with Crippen molar-refractivity contribution in [3.8, 4) is 6.07 Å². The zero-order chi connectivity index (χ0) is 25.8. The first kappa shape index (κ1) is 25.7. The van der Waals surface area contributed by atoms with E-state index in [4.69, 9.17) is 4.74 Å². The Bertz CT molecular complexity index is 1250. The van der Waals surface area contributed by atoms with E-state index in [1.807, 2.05) is 57.2 Å². The number of pyridine rings is 2. The van der Waals surface area contributed by atoms with Gasteiger partial charge in [0.25, 0.3) is 0 Å². The Labute approximate surface area is 204 Å². The van der Waals surface area contributed by atoms with Crippen LogP contribution in [-0.4, -0.2) is 33.7 Å². The van der Waals surface area contributed by atoms with Crippen LogP contribution in [0.3, 0.4) is 0 Å². The fourth-order valence-electron chi connectivity index (χ4n) is 3.67. The van der Waals surface area contributed by atoms with Crippen molar-refractivity contribution < 1.29 is 13.9 Å². The maximum absolute atomic E-state index is 14.9. The van der Waals surface area contributed by atoms with Crippen molar-refractivity contribution in [3.05, 3.63) is 54.0 Å². The van der Waals surface area contributed by atoms with Gasteiger partial charge in [-0.15, -0.1) is 0 Å². The molecule has 0 saturated heterocycles. The molecule has 0 fully saturated rings. The number of halogens is 1. The second-order valence-electron chi connectivity index (χ2n) is 9.71. The van der Waals surface area contributed by atoms with Gasteiger partial charge in [-0.1, -0.05) is 19.9 Å². The van der Waals surface area contributed by atoms with E-state index in [0.29, 0.717) is 5.69 Å². The Morgan fingerprint density at radius 2 is 1.89 bits per heavy atom. The minimum Gasteiger partial charge on any atom is -0.444 e. The van der Waals surface area contributed by atoms with Crippen molar-refractivity contribution in [2.75, 3.05) is 10.6 Å². The Balaban J connectivity index is 1.85. The van der Waals surface area contributed by atoms with Gasteiger partial charge in [0.15, 0.2) is 17.5 Å². The van der Waals surface area contributed by atoms with E-state index in [1.165, 1.54) is 0 Å². The van der Waals surface area contributed by atoms with Gasteiger partial charge in [0, 0.05) is 29.4 Å². The first-order valence-electron chi connectivity index (χ1n) is 11.5. The van der Waals surface area contributed by atoms with Crippen molar-refractivity contribution in [2.45, 2.75) is 59.2 Å². The molecule has 1 amide bonds. The number of hydrogen-bond acceptors (Lipinski definition) is 7. The minimum atomic E-state index is -0.662. The predicted molar refractivity (Wildman–Crippen MR) is 135 cm³/mol. The summed E-state index contributed by atoms with van der Waals surface area (Å²) in [6, 6.07) is 11.7. The van der Waals surface area contributed by atoms with E-state index in [1.54, 1.807) is 27.0 Å². The molecule has 0 unspecified atom stereocenters. The van der Waals surface area contributed by atoms with Gasteiger partial charge in [0.1, 0.15) is 11.7 Å². The predicted octanol–water partition coefficient (Wildman–Crippen LogP) is 5.73. The molecule has 3 aromatic rings. The summed E-state index contributed by atoms with van der Waals surface area (Å²) in [6.07, 6.45) is 1.16. The highest BCUT2D eigenvalue weighted by atomic mass is 19.1. The number of amides is 1. The summed E-state index contributed by atoms with van der Waals surface area (Å²) in [7, 11) is 0. The lowest BCUT2D eigenvalue weighted by Gasteiger charge is -2.31. The smallest absolute Gasteiger partial charge is 0.407 e. The fourth-order valence-corrected chi connectivity index (χ4v) is 3.67. The zero-order valence-electron chi connectivity index (χ0n) is 20.8. The molecule has 0 aliphatic heterocycles. The van der Waals surface area contributed by atoms with Gasteiger partial charge >= 0.3 is 6.09 Å². The number of benzene rings is 1. The summed E-state index contributed by atoms with van der Waals surface area (Å²) in [5.41, 5.74) is 0.956. The van der Waals surface area contributed by atoms with Gasteiger partial charge in [-0.05, 0) is 63.9 Å². The van der Waals surface area contributed by atoms with Crippen LogP contribution in [0.25, 0.3) is 10.9 Å². The van der Waals surface area contributed by atoms with Crippen LogP contribution >= 0.6 is 0 Å². The van der Waals surface area contributed by atoms with E-state index in [9.17, 15) is 14.4 Å². The quantitative estimate of drug-likeness (QED) is 0.397. The molecule has 184 valence electrons. The van der Waals surface area contributed by atoms with Crippen molar-refractivity contribution in [2.24, 2.45) is 5.92 Å². The first-order chi connectivity index (χ1) is 16.5. The van der Waals surface area contributed by atoms with Crippen molar-refractivity contribution in [1.82, 2.24) is 15.3 Å². The highest BCUT2D eigenvalue weighted by Gasteiger charge is 2.26. The van der Waals surface area contributed by atoms with Crippen LogP contribution in [0.15, 0.2) is 42.6 Å². The molecule has 0 saturated carbocycles. The number of aromatic nitrogens is 2. The third-order valence-corrected chi connectivity index (χ3v) is 5.27. The highest BCUT2D eigenvalue weighted by molar-refractivity contribution is 5.83. The lowest BCUT2D eigenvalue weighted by Crippen LogP contribution is -2.49. The minimum absolute atomic E-state index is 0.0150. The number of fused-ring (bicyclic) bond motifs is 1. The van der Waals surface area contributed by atoms with E-state index < -0.39 is 23.6 Å². The molecule has 0 aliphatic carbocycles. The number of hydrogen-bond donors (Lipinski definition) is 3. The molecule has 0 aliphatic rings. The number of carbonyl (C=O) groups is 1. The van der Waals surface area contributed by atoms with E-state index in [2.05, 4.69) is 25.9 Å². The number of nitrogens with zero attached hydrogens (tertiary/aromatic N) is 3. The molecule has 1 aromatic carbocycles. The Morgan fingerprint density at radius 1 is 1.14 bits per heavy atom. The van der Waals surface area contributed by atoms with Gasteiger partial charge in [-0.2, -0.15) is 5.26 Å². The highest BCUT2D eigenvalue weighted by Crippen LogP contribution is 2.26. The van der Waals surface area contributed by atoms with Crippen molar-refractivity contribution >= 4 is 34.3 Å². The molecular formula is C26H31FN6O2. The number of nitriles is 1. The molecule has 8 nitrogen and oxygen atoms in total. The third-order valence-electron chi connectivity index (χ3n) is 5.27. The Morgan fingerprint density at radius 3 is 2.54 bits per heavy atom. The van der Waals surface area contributed by atoms with Crippen LogP contribution < -0.4 is 16.0 Å². The number of alkyl carbamates (subject to hydrolysis) is 1. The van der Waals surface area contributed by atoms with Gasteiger partial charge in [-0.25, -0.2) is 14.2 Å². The van der Waals surface area contributed by atoms with Crippen molar-refractivity contribution in [3.63, 3.8) is 0 Å². The van der Waals surface area contributed by atoms with Crippen LogP contribution in [0.5, 0.6) is 0 Å². The second kappa shape index (κ2) is 10.6. The Hall–Kier alpha value is -3.93. The number of rotatable bonds is 7. The molecule has 2 heterocycles. The number of ether oxygens (including phenoxy) is 1. The lowest BCUT2D eigenvalue weighted by atomic mass is 9.97. The number of carbonyl (C=O) groups excluding carboxylic acids is 1. The van der Waals surface area contributed by atoms with Crippen LogP contribution in [-0.2, 0) is 4.74 Å². The molecule has 3 N–H and O–H groups in total. The molecular weight excluding hydrogens is 447 g/mol. The lowest BCUT2D eigenvalue weighted by molar-refractivity contribution is 0.0500. The number of nitrogens with one attached hydrogen (secondary N) is 3. The van der Waals surface area contributed by atoms with E-state index >= 15 is 0 Å². The summed E-state index contributed by atoms with van der Waals surface area (Å²) < 4.78 is 20.3. The average molecular weight is 479 g/mol. The maximum Gasteiger partial charge on any atom is 0.407 e. The van der Waals surface area contributed by atoms with Crippen LogP contribution in [0.2, 0.25) is 0 Å². The normalized spacial score (nSPS) is 13.1. The van der Waals surface area contributed by atoms with Crippen LogP contribution in [0.4, 0.5) is 26.5 Å². The molecule has 0 spiro atoms. The zero-order valence-corrected chi connectivity index (χ0v) is 20.8. The molecule has 9 heteroatoms. The number of anilines is 3. The summed E-state index contributed by atoms with van der Waals surface area (Å²) in [5, 5.41) is 19.5. The SMILES string of the molecule is CC(C)[C@@H](Nc1nc(Nc2ccc3ncccc3c2)c(C#N)cc1F)[C@H](C)NC(=O)OC(C)(C)C. The second-order valence-corrected chi connectivity index (χ2v) is 9.71. The van der Waals surface area contributed by atoms with Crippen LogP contribution in [0.1, 0.15) is 47.1 Å². The monoisotopic (exact) mass is 478 g/mol. The average Bonchev–Trinajstić information content (AvgIpc) is 2.77. The summed E-state index contributed by atoms with van der Waals surface area (Å²) in [4.78, 5) is 20.9. The topological polar surface area (TPSA) is 112 Å². The molecule has 2 aromatic heterocycles. The molecule has 0 bridgehead atoms. The van der Waals surface area contributed by atoms with Crippen molar-refractivity contribution in [1.29, 1.82) is 5.26 Å². The summed E-state index contributed by atoms with van der Waals surface area (Å²) in [6.45, 7) is 11.1. The van der Waals surface area contributed by atoms with Gasteiger partial charge < -0.3 is 20.7 Å². The van der Waals surface area contributed by atoms with Gasteiger partial charge in [0.2, 0.25) is 0 Å². The summed E-state index contributed by atoms with van der Waals surface area (Å²) >= 11 is 0. The van der Waals surface area contributed by atoms with Gasteiger partial charge in [-0.3, -0.25) is 4.98 Å². The van der Waals surface area contributed by atoms with Crippen LogP contribution in [0, 0.1) is 23.1 Å². The maximum atomic E-state index is 14.9. The molecule has 0 radical (unpaired) electrons. The third kappa shape index (κ3) is 6.79. The molecule has 3 rings (SSSR count). The fraction of sp³-hybridized carbons (Fsp3) is 0.385. The first-order valence-corrected chi connectivity index (χ1v) is 11.5. The van der Waals surface area contributed by atoms with E-state index in [0.717, 1.165) is 17.0 Å².